The van der Waals surface area contributed by atoms with Crippen molar-refractivity contribution < 1.29 is 14.4 Å². The molecular formula is C21H18ClIN2O3. The van der Waals surface area contributed by atoms with Gasteiger partial charge in [-0.05, 0) is 77.4 Å². The van der Waals surface area contributed by atoms with E-state index in [2.05, 4.69) is 22.6 Å². The fourth-order valence-corrected chi connectivity index (χ4v) is 4.03. The van der Waals surface area contributed by atoms with Crippen LogP contribution >= 0.6 is 34.2 Å². The first kappa shape index (κ1) is 19.4. The van der Waals surface area contributed by atoms with Crippen LogP contribution in [0.3, 0.4) is 0 Å². The molecule has 2 aliphatic rings. The van der Waals surface area contributed by atoms with Gasteiger partial charge in [-0.15, -0.1) is 0 Å². The van der Waals surface area contributed by atoms with E-state index in [0.29, 0.717) is 10.7 Å². The number of benzene rings is 2. The van der Waals surface area contributed by atoms with Gasteiger partial charge in [-0.25, -0.2) is 4.90 Å². The topological polar surface area (TPSA) is 57.7 Å². The molecule has 2 aromatic carbocycles. The lowest BCUT2D eigenvalue weighted by Crippen LogP contribution is -2.47. The Labute approximate surface area is 181 Å². The van der Waals surface area contributed by atoms with Crippen LogP contribution in [0.5, 0.6) is 0 Å². The average molecular weight is 509 g/mol. The zero-order chi connectivity index (χ0) is 19.8. The zero-order valence-corrected chi connectivity index (χ0v) is 17.9. The van der Waals surface area contributed by atoms with Crippen LogP contribution in [-0.4, -0.2) is 34.7 Å². The van der Waals surface area contributed by atoms with Crippen molar-refractivity contribution in [3.63, 3.8) is 0 Å². The summed E-state index contributed by atoms with van der Waals surface area (Å²) < 4.78 is 1.02. The molecular weight excluding hydrogens is 491 g/mol. The molecule has 1 atom stereocenters. The van der Waals surface area contributed by atoms with Gasteiger partial charge in [0.1, 0.15) is 6.04 Å². The maximum Gasteiger partial charge on any atom is 0.257 e. The SMILES string of the molecule is O=C1CC(N(C(=O)Cc2ccc(Cl)cc2)C2CC2)C(=O)N1c1ccc(I)cc1. The van der Waals surface area contributed by atoms with Gasteiger partial charge in [-0.2, -0.15) is 0 Å². The van der Waals surface area contributed by atoms with Crippen LogP contribution in [0.4, 0.5) is 5.69 Å². The highest BCUT2D eigenvalue weighted by Crippen LogP contribution is 2.34. The van der Waals surface area contributed by atoms with E-state index in [0.717, 1.165) is 22.0 Å². The summed E-state index contributed by atoms with van der Waals surface area (Å²) in [6, 6.07) is 13.7. The lowest BCUT2D eigenvalue weighted by Gasteiger charge is -2.27. The van der Waals surface area contributed by atoms with E-state index in [4.69, 9.17) is 11.6 Å². The predicted octanol–water partition coefficient (Wildman–Crippen LogP) is 3.81. The fraction of sp³-hybridized carbons (Fsp3) is 0.286. The minimum absolute atomic E-state index is 0.0354. The summed E-state index contributed by atoms with van der Waals surface area (Å²) in [5.41, 5.74) is 1.39. The van der Waals surface area contributed by atoms with Crippen LogP contribution in [0, 0.1) is 3.57 Å². The highest BCUT2D eigenvalue weighted by Gasteiger charge is 2.48. The van der Waals surface area contributed by atoms with Crippen molar-refractivity contribution in [3.8, 4) is 0 Å². The Morgan fingerprint density at radius 1 is 1.07 bits per heavy atom. The third-order valence-electron chi connectivity index (χ3n) is 5.04. The minimum atomic E-state index is -0.723. The predicted molar refractivity (Wildman–Crippen MR) is 115 cm³/mol. The second-order valence-corrected chi connectivity index (χ2v) is 8.78. The molecule has 5 nitrogen and oxygen atoms in total. The number of anilines is 1. The summed E-state index contributed by atoms with van der Waals surface area (Å²) in [6.07, 6.45) is 1.96. The molecule has 0 N–H and O–H groups in total. The van der Waals surface area contributed by atoms with Crippen LogP contribution in [0.1, 0.15) is 24.8 Å². The molecule has 2 aromatic rings. The number of amides is 3. The number of carbonyl (C=O) groups is 3. The van der Waals surface area contributed by atoms with Crippen molar-refractivity contribution in [2.75, 3.05) is 4.90 Å². The van der Waals surface area contributed by atoms with Crippen LogP contribution in [-0.2, 0) is 20.8 Å². The van der Waals surface area contributed by atoms with Crippen molar-refractivity contribution in [2.24, 2.45) is 0 Å². The number of nitrogens with zero attached hydrogens (tertiary/aromatic N) is 2. The van der Waals surface area contributed by atoms with E-state index >= 15 is 0 Å². The van der Waals surface area contributed by atoms with Gasteiger partial charge in [0.15, 0.2) is 0 Å². The Morgan fingerprint density at radius 3 is 2.32 bits per heavy atom. The molecule has 4 rings (SSSR count). The summed E-state index contributed by atoms with van der Waals surface area (Å²) in [4.78, 5) is 41.5. The molecule has 7 heteroatoms. The van der Waals surface area contributed by atoms with Crippen LogP contribution in [0.15, 0.2) is 48.5 Å². The van der Waals surface area contributed by atoms with E-state index < -0.39 is 6.04 Å². The monoisotopic (exact) mass is 508 g/mol. The normalized spacial score (nSPS) is 19.2. The number of imide groups is 1. The van der Waals surface area contributed by atoms with Crippen LogP contribution in [0.2, 0.25) is 5.02 Å². The number of rotatable bonds is 5. The second kappa shape index (κ2) is 7.83. The first-order chi connectivity index (χ1) is 13.4. The Morgan fingerprint density at radius 2 is 1.71 bits per heavy atom. The Bertz CT molecular complexity index is 926. The molecule has 0 bridgehead atoms. The summed E-state index contributed by atoms with van der Waals surface area (Å²) in [6.45, 7) is 0. The first-order valence-electron chi connectivity index (χ1n) is 9.12. The van der Waals surface area contributed by atoms with Gasteiger partial charge >= 0.3 is 0 Å². The molecule has 3 amide bonds. The number of hydrogen-bond acceptors (Lipinski definition) is 3. The van der Waals surface area contributed by atoms with Crippen LogP contribution in [0.25, 0.3) is 0 Å². The Hall–Kier alpha value is -1.93. The van der Waals surface area contributed by atoms with Gasteiger partial charge in [-0.1, -0.05) is 23.7 Å². The minimum Gasteiger partial charge on any atom is -0.327 e. The lowest BCUT2D eigenvalue weighted by atomic mass is 10.1. The van der Waals surface area contributed by atoms with E-state index in [-0.39, 0.29) is 36.6 Å². The zero-order valence-electron chi connectivity index (χ0n) is 15.0. The number of carbonyl (C=O) groups excluding carboxylic acids is 3. The van der Waals surface area contributed by atoms with Gasteiger partial charge in [0.25, 0.3) is 5.91 Å². The molecule has 1 aliphatic carbocycles. The van der Waals surface area contributed by atoms with Gasteiger partial charge in [-0.3, -0.25) is 14.4 Å². The van der Waals surface area contributed by atoms with Crippen LogP contribution < -0.4 is 4.90 Å². The molecule has 144 valence electrons. The third-order valence-corrected chi connectivity index (χ3v) is 6.01. The first-order valence-corrected chi connectivity index (χ1v) is 10.6. The molecule has 28 heavy (non-hydrogen) atoms. The third kappa shape index (κ3) is 3.93. The Kier molecular flexibility index (Phi) is 5.42. The quantitative estimate of drug-likeness (QED) is 0.456. The van der Waals surface area contributed by atoms with E-state index in [1.165, 1.54) is 4.90 Å². The van der Waals surface area contributed by atoms with Gasteiger partial charge in [0.2, 0.25) is 11.8 Å². The Balaban J connectivity index is 1.55. The summed E-state index contributed by atoms with van der Waals surface area (Å²) in [7, 11) is 0. The van der Waals surface area contributed by atoms with Gasteiger partial charge in [0, 0.05) is 14.6 Å². The summed E-state index contributed by atoms with van der Waals surface area (Å²) >= 11 is 8.08. The summed E-state index contributed by atoms with van der Waals surface area (Å²) in [5.74, 6) is -0.704. The molecule has 1 saturated heterocycles. The van der Waals surface area contributed by atoms with E-state index in [9.17, 15) is 14.4 Å². The molecule has 0 spiro atoms. The van der Waals surface area contributed by atoms with Crippen molar-refractivity contribution in [2.45, 2.75) is 37.8 Å². The number of halogens is 2. The molecule has 1 heterocycles. The van der Waals surface area contributed by atoms with Crippen molar-refractivity contribution in [1.82, 2.24) is 4.90 Å². The molecule has 0 radical (unpaired) electrons. The molecule has 0 aromatic heterocycles. The molecule has 1 aliphatic heterocycles. The molecule has 1 unspecified atom stereocenters. The van der Waals surface area contributed by atoms with Crippen molar-refractivity contribution >= 4 is 57.6 Å². The second-order valence-electron chi connectivity index (χ2n) is 7.10. The van der Waals surface area contributed by atoms with Crippen molar-refractivity contribution in [3.05, 3.63) is 62.7 Å². The average Bonchev–Trinajstić information content (AvgIpc) is 3.45. The highest BCUT2D eigenvalue weighted by atomic mass is 127. The summed E-state index contributed by atoms with van der Waals surface area (Å²) in [5, 5.41) is 0.611. The molecule has 2 fully saturated rings. The lowest BCUT2D eigenvalue weighted by molar-refractivity contribution is -0.138. The highest BCUT2D eigenvalue weighted by molar-refractivity contribution is 14.1. The van der Waals surface area contributed by atoms with Gasteiger partial charge < -0.3 is 4.90 Å². The van der Waals surface area contributed by atoms with E-state index in [1.54, 1.807) is 29.2 Å². The maximum atomic E-state index is 13.1. The fourth-order valence-electron chi connectivity index (χ4n) is 3.55. The van der Waals surface area contributed by atoms with E-state index in [1.807, 2.05) is 24.3 Å². The van der Waals surface area contributed by atoms with Crippen molar-refractivity contribution in [1.29, 1.82) is 0 Å². The maximum absolute atomic E-state index is 13.1. The smallest absolute Gasteiger partial charge is 0.257 e. The standard InChI is InChI=1S/C21H18ClIN2O3/c22-14-3-1-13(2-4-14)11-19(26)24(16-9-10-16)18-12-20(27)25(21(18)28)17-7-5-15(23)6-8-17/h1-8,16,18H,9-12H2. The molecule has 1 saturated carbocycles. The number of hydrogen-bond donors (Lipinski definition) is 0. The largest absolute Gasteiger partial charge is 0.327 e. The van der Waals surface area contributed by atoms with Gasteiger partial charge in [0.05, 0.1) is 18.5 Å².